The predicted octanol–water partition coefficient (Wildman–Crippen LogP) is 4.84. The van der Waals surface area contributed by atoms with Crippen molar-refractivity contribution in [1.29, 1.82) is 5.26 Å². The molecule has 0 spiro atoms. The van der Waals surface area contributed by atoms with Crippen LogP contribution < -0.4 is 34.4 Å². The Morgan fingerprint density at radius 2 is 1.91 bits per heavy atom. The molecule has 1 amide bonds. The summed E-state index contributed by atoms with van der Waals surface area (Å²) in [4.78, 5) is 32.9. The standard InChI is InChI=1S/C32H27ClN4O5S/c1-4-41-23-12-10-21(11-13-23)28-27(30(38)36-22-8-6-5-7-9-22)19(2)35-32-37(28)31(39)26(43-32)18-20-16-24(33)29(42-15-14-34)25(17-20)40-3/h5-13,16-18,28H,4,15H2,1-3H3,(H,36,38)/b26-18-/t28-/m0/s1. The number of benzene rings is 3. The van der Waals surface area contributed by atoms with Crippen molar-refractivity contribution >= 4 is 40.6 Å². The summed E-state index contributed by atoms with van der Waals surface area (Å²) in [7, 11) is 1.46. The molecule has 1 aliphatic heterocycles. The van der Waals surface area contributed by atoms with E-state index in [4.69, 9.17) is 31.1 Å². The summed E-state index contributed by atoms with van der Waals surface area (Å²) in [5.41, 5.74) is 2.49. The Labute approximate surface area is 256 Å². The number of nitrogens with zero attached hydrogens (tertiary/aromatic N) is 3. The van der Waals surface area contributed by atoms with Gasteiger partial charge in [-0.15, -0.1) is 0 Å². The summed E-state index contributed by atoms with van der Waals surface area (Å²) < 4.78 is 18.4. The van der Waals surface area contributed by atoms with Crippen molar-refractivity contribution in [2.75, 3.05) is 25.6 Å². The number of hydrogen-bond donors (Lipinski definition) is 1. The zero-order valence-corrected chi connectivity index (χ0v) is 25.2. The molecule has 1 aliphatic rings. The number of carbonyl (C=O) groups excluding carboxylic acids is 1. The first-order valence-corrected chi connectivity index (χ1v) is 14.5. The van der Waals surface area contributed by atoms with E-state index in [0.29, 0.717) is 50.0 Å². The highest BCUT2D eigenvalue weighted by Crippen LogP contribution is 2.37. The van der Waals surface area contributed by atoms with Gasteiger partial charge in [0.25, 0.3) is 11.5 Å². The third kappa shape index (κ3) is 6.18. The number of hydrogen-bond acceptors (Lipinski definition) is 8. The fourth-order valence-electron chi connectivity index (χ4n) is 4.78. The number of aromatic nitrogens is 1. The number of para-hydroxylation sites is 1. The average molecular weight is 615 g/mol. The Kier molecular flexibility index (Phi) is 8.95. The molecular formula is C32H27ClN4O5S. The fourth-order valence-corrected chi connectivity index (χ4v) is 6.10. The lowest BCUT2D eigenvalue weighted by Crippen LogP contribution is -2.40. The minimum atomic E-state index is -0.738. The van der Waals surface area contributed by atoms with Crippen LogP contribution in [0.3, 0.4) is 0 Å². The van der Waals surface area contributed by atoms with Crippen LogP contribution in [-0.4, -0.2) is 30.8 Å². The molecule has 4 aromatic rings. The van der Waals surface area contributed by atoms with Crippen LogP contribution in [0.1, 0.15) is 31.0 Å². The first kappa shape index (κ1) is 29.6. The van der Waals surface area contributed by atoms with E-state index < -0.39 is 6.04 Å². The van der Waals surface area contributed by atoms with E-state index in [1.54, 1.807) is 41.8 Å². The highest BCUT2D eigenvalue weighted by Gasteiger charge is 2.32. The van der Waals surface area contributed by atoms with Crippen LogP contribution in [-0.2, 0) is 4.79 Å². The Morgan fingerprint density at radius 3 is 2.58 bits per heavy atom. The van der Waals surface area contributed by atoms with E-state index in [1.807, 2.05) is 55.5 Å². The van der Waals surface area contributed by atoms with Crippen LogP contribution in [0.25, 0.3) is 6.08 Å². The number of fused-ring (bicyclic) bond motifs is 1. The molecule has 0 saturated heterocycles. The maximum atomic E-state index is 14.0. The molecule has 1 aromatic heterocycles. The van der Waals surface area contributed by atoms with Crippen LogP contribution in [0.4, 0.5) is 5.69 Å². The monoisotopic (exact) mass is 614 g/mol. The Bertz CT molecular complexity index is 1930. The molecule has 1 atom stereocenters. The smallest absolute Gasteiger partial charge is 0.271 e. The molecule has 0 unspecified atom stereocenters. The molecular weight excluding hydrogens is 588 g/mol. The molecule has 0 bridgehead atoms. The number of anilines is 1. The maximum absolute atomic E-state index is 14.0. The Hall–Kier alpha value is -4.85. The number of methoxy groups -OCH3 is 1. The number of nitrogens with one attached hydrogen (secondary N) is 1. The molecule has 3 aromatic carbocycles. The zero-order valence-electron chi connectivity index (χ0n) is 23.6. The lowest BCUT2D eigenvalue weighted by molar-refractivity contribution is -0.113. The zero-order chi connectivity index (χ0) is 30.5. The second-order valence-corrected chi connectivity index (χ2v) is 10.8. The number of ether oxygens (including phenoxy) is 3. The first-order valence-electron chi connectivity index (χ1n) is 13.3. The molecule has 0 radical (unpaired) electrons. The minimum absolute atomic E-state index is 0.195. The molecule has 0 saturated carbocycles. The van der Waals surface area contributed by atoms with E-state index in [2.05, 4.69) is 10.3 Å². The number of nitriles is 1. The highest BCUT2D eigenvalue weighted by molar-refractivity contribution is 7.07. The topological polar surface area (TPSA) is 115 Å². The van der Waals surface area contributed by atoms with Gasteiger partial charge in [-0.25, -0.2) is 4.99 Å². The van der Waals surface area contributed by atoms with Crippen LogP contribution in [0.2, 0.25) is 5.02 Å². The Morgan fingerprint density at radius 1 is 1.16 bits per heavy atom. The number of carbonyl (C=O) groups is 1. The van der Waals surface area contributed by atoms with Crippen molar-refractivity contribution in [3.63, 3.8) is 0 Å². The maximum Gasteiger partial charge on any atom is 0.271 e. The first-order chi connectivity index (χ1) is 20.8. The van der Waals surface area contributed by atoms with Gasteiger partial charge >= 0.3 is 0 Å². The SMILES string of the molecule is CCOc1ccc([C@H]2C(C(=O)Nc3ccccc3)=C(C)N=c3s/c(=C\c4cc(Cl)c(OCC#N)c(OC)c4)c(=O)n32)cc1. The molecule has 2 heterocycles. The quantitative estimate of drug-likeness (QED) is 0.289. The minimum Gasteiger partial charge on any atom is -0.494 e. The van der Waals surface area contributed by atoms with Gasteiger partial charge in [-0.2, -0.15) is 5.26 Å². The molecule has 43 heavy (non-hydrogen) atoms. The largest absolute Gasteiger partial charge is 0.494 e. The molecule has 0 fully saturated rings. The van der Waals surface area contributed by atoms with E-state index >= 15 is 0 Å². The second kappa shape index (κ2) is 13.0. The van der Waals surface area contributed by atoms with Gasteiger partial charge in [0.15, 0.2) is 22.9 Å². The van der Waals surface area contributed by atoms with Crippen molar-refractivity contribution in [2.24, 2.45) is 4.99 Å². The summed E-state index contributed by atoms with van der Waals surface area (Å²) in [6.07, 6.45) is 1.69. The third-order valence-electron chi connectivity index (χ3n) is 6.64. The molecule has 5 rings (SSSR count). The van der Waals surface area contributed by atoms with Crippen LogP contribution in [0.15, 0.2) is 87.8 Å². The lowest BCUT2D eigenvalue weighted by atomic mass is 9.95. The van der Waals surface area contributed by atoms with Gasteiger partial charge in [-0.3, -0.25) is 14.2 Å². The van der Waals surface area contributed by atoms with E-state index in [0.717, 1.165) is 5.56 Å². The van der Waals surface area contributed by atoms with Gasteiger partial charge in [-0.05, 0) is 67.4 Å². The molecule has 11 heteroatoms. The summed E-state index contributed by atoms with van der Waals surface area (Å²) >= 11 is 7.64. The summed E-state index contributed by atoms with van der Waals surface area (Å²) in [6, 6.07) is 20.9. The predicted molar refractivity (Wildman–Crippen MR) is 166 cm³/mol. The molecule has 9 nitrogen and oxygen atoms in total. The lowest BCUT2D eigenvalue weighted by Gasteiger charge is -2.25. The van der Waals surface area contributed by atoms with Gasteiger partial charge in [0, 0.05) is 5.69 Å². The summed E-state index contributed by atoms with van der Waals surface area (Å²) in [5.74, 6) is 0.891. The average Bonchev–Trinajstić information content (AvgIpc) is 3.30. The summed E-state index contributed by atoms with van der Waals surface area (Å²) in [5, 5.41) is 12.1. The van der Waals surface area contributed by atoms with Gasteiger partial charge in [-0.1, -0.05) is 53.3 Å². The van der Waals surface area contributed by atoms with E-state index in [-0.39, 0.29) is 28.8 Å². The van der Waals surface area contributed by atoms with E-state index in [9.17, 15) is 9.59 Å². The number of rotatable bonds is 9. The van der Waals surface area contributed by atoms with Crippen molar-refractivity contribution < 1.29 is 19.0 Å². The van der Waals surface area contributed by atoms with Gasteiger partial charge < -0.3 is 19.5 Å². The van der Waals surface area contributed by atoms with Crippen LogP contribution in [0, 0.1) is 11.3 Å². The normalized spacial score (nSPS) is 14.4. The van der Waals surface area contributed by atoms with Gasteiger partial charge in [0.1, 0.15) is 11.8 Å². The molecule has 218 valence electrons. The fraction of sp³-hybridized carbons (Fsp3) is 0.188. The highest BCUT2D eigenvalue weighted by atomic mass is 35.5. The number of allylic oxidation sites excluding steroid dienone is 1. The number of amides is 1. The van der Waals surface area contributed by atoms with Crippen molar-refractivity contribution in [1.82, 2.24) is 4.57 Å². The number of halogens is 1. The van der Waals surface area contributed by atoms with Gasteiger partial charge in [0.2, 0.25) is 0 Å². The third-order valence-corrected chi connectivity index (χ3v) is 7.90. The number of thiazole rings is 1. The molecule has 1 N–H and O–H groups in total. The molecule has 0 aliphatic carbocycles. The van der Waals surface area contributed by atoms with Crippen LogP contribution in [0.5, 0.6) is 17.2 Å². The Balaban J connectivity index is 1.64. The van der Waals surface area contributed by atoms with Crippen molar-refractivity contribution in [2.45, 2.75) is 19.9 Å². The van der Waals surface area contributed by atoms with Gasteiger partial charge in [0.05, 0.1) is 40.6 Å². The second-order valence-electron chi connectivity index (χ2n) is 9.38. The van der Waals surface area contributed by atoms with Crippen molar-refractivity contribution in [3.8, 4) is 23.3 Å². The van der Waals surface area contributed by atoms with Crippen molar-refractivity contribution in [3.05, 3.63) is 114 Å². The summed E-state index contributed by atoms with van der Waals surface area (Å²) in [6.45, 7) is 3.99. The van der Waals surface area contributed by atoms with E-state index in [1.165, 1.54) is 18.4 Å². The van der Waals surface area contributed by atoms with Crippen LogP contribution >= 0.6 is 22.9 Å².